The average Bonchev–Trinajstić information content (AvgIpc) is 2.97. The zero-order chi connectivity index (χ0) is 20.6. The number of methoxy groups -OCH3 is 1. The number of benzene rings is 1. The minimum atomic E-state index is -0.707. The molecule has 2 saturated carbocycles. The summed E-state index contributed by atoms with van der Waals surface area (Å²) in [7, 11) is 1.73. The quantitative estimate of drug-likeness (QED) is 0.626. The Hall–Kier alpha value is -1.84. The monoisotopic (exact) mass is 398 g/mol. The molecule has 0 spiro atoms. The second-order valence-corrected chi connectivity index (χ2v) is 9.74. The molecule has 1 aromatic carbocycles. The lowest BCUT2D eigenvalue weighted by molar-refractivity contribution is -0.137. The summed E-state index contributed by atoms with van der Waals surface area (Å²) >= 11 is 0. The third-order valence-electron chi connectivity index (χ3n) is 8.24. The summed E-state index contributed by atoms with van der Waals surface area (Å²) in [6.45, 7) is 2.24. The molecule has 1 N–H and O–H groups in total. The number of aryl methyl sites for hydroxylation is 1. The number of carbonyl (C=O) groups excluding carboxylic acids is 1. The van der Waals surface area contributed by atoms with E-state index in [1.54, 1.807) is 7.11 Å². The van der Waals surface area contributed by atoms with E-state index in [0.29, 0.717) is 29.5 Å². The molecule has 0 bridgehead atoms. The van der Waals surface area contributed by atoms with Crippen LogP contribution in [0.15, 0.2) is 18.2 Å². The van der Waals surface area contributed by atoms with Gasteiger partial charge in [0.25, 0.3) is 0 Å². The Kier molecular flexibility index (Phi) is 5.72. The van der Waals surface area contributed by atoms with E-state index < -0.39 is 5.97 Å². The third-order valence-corrected chi connectivity index (χ3v) is 8.24. The standard InChI is InChI=1S/C25H34O4/c1-25-13-12-20-19-11-9-18(29-2)14-16(19)8-10-21(20)24(25)17(15-22(25)26)6-4-3-5-7-23(27)28/h9,11,14,17,20-21,24H,3-8,10,12-13,15H2,1-2H3,(H,27,28)/t17-,20-,21-,24+,25-/m1/s1. The van der Waals surface area contributed by atoms with Crippen molar-refractivity contribution in [2.75, 3.05) is 7.11 Å². The number of Topliss-reactive ketones (excluding diaryl/α,β-unsaturated/α-hetero) is 1. The molecular weight excluding hydrogens is 364 g/mol. The van der Waals surface area contributed by atoms with Gasteiger partial charge >= 0.3 is 5.97 Å². The van der Waals surface area contributed by atoms with Crippen LogP contribution in [0.3, 0.4) is 0 Å². The van der Waals surface area contributed by atoms with E-state index in [-0.39, 0.29) is 11.8 Å². The van der Waals surface area contributed by atoms with Gasteiger partial charge in [-0.15, -0.1) is 0 Å². The number of rotatable bonds is 7. The maximum absolute atomic E-state index is 13.0. The van der Waals surface area contributed by atoms with E-state index in [2.05, 4.69) is 25.1 Å². The summed E-state index contributed by atoms with van der Waals surface area (Å²) < 4.78 is 5.43. The van der Waals surface area contributed by atoms with Gasteiger partial charge in [-0.3, -0.25) is 9.59 Å². The highest BCUT2D eigenvalue weighted by Crippen LogP contribution is 2.62. The van der Waals surface area contributed by atoms with Gasteiger partial charge in [0.05, 0.1) is 7.11 Å². The van der Waals surface area contributed by atoms with Crippen LogP contribution in [0.2, 0.25) is 0 Å². The highest BCUT2D eigenvalue weighted by Gasteiger charge is 2.58. The number of aliphatic carboxylic acids is 1. The fourth-order valence-corrected chi connectivity index (χ4v) is 6.87. The number of fused-ring (bicyclic) bond motifs is 5. The zero-order valence-corrected chi connectivity index (χ0v) is 17.8. The number of carboxylic acid groups (broad SMARTS) is 1. The molecule has 3 aliphatic rings. The summed E-state index contributed by atoms with van der Waals surface area (Å²) in [5, 5.41) is 8.84. The molecule has 5 atom stereocenters. The van der Waals surface area contributed by atoms with Crippen LogP contribution in [0.4, 0.5) is 0 Å². The first-order valence-electron chi connectivity index (χ1n) is 11.4. The molecule has 4 heteroatoms. The van der Waals surface area contributed by atoms with Crippen LogP contribution in [-0.2, 0) is 16.0 Å². The summed E-state index contributed by atoms with van der Waals surface area (Å²) in [6.07, 6.45) is 9.21. The van der Waals surface area contributed by atoms with Crippen molar-refractivity contribution in [3.63, 3.8) is 0 Å². The summed E-state index contributed by atoms with van der Waals surface area (Å²) in [5.41, 5.74) is 2.78. The predicted octanol–water partition coefficient (Wildman–Crippen LogP) is 5.38. The molecule has 29 heavy (non-hydrogen) atoms. The van der Waals surface area contributed by atoms with Gasteiger partial charge in [-0.2, -0.15) is 0 Å². The number of hydrogen-bond donors (Lipinski definition) is 1. The molecule has 0 aromatic heterocycles. The second kappa shape index (κ2) is 8.12. The molecule has 4 rings (SSSR count). The number of ketones is 1. The molecule has 0 aliphatic heterocycles. The Morgan fingerprint density at radius 3 is 2.83 bits per heavy atom. The molecule has 4 nitrogen and oxygen atoms in total. The van der Waals surface area contributed by atoms with Crippen LogP contribution in [0.25, 0.3) is 0 Å². The smallest absolute Gasteiger partial charge is 0.303 e. The van der Waals surface area contributed by atoms with Crippen molar-refractivity contribution in [2.45, 2.75) is 77.0 Å². The van der Waals surface area contributed by atoms with Gasteiger partial charge in [-0.05, 0) is 85.5 Å². The lowest BCUT2D eigenvalue weighted by Gasteiger charge is -2.50. The maximum Gasteiger partial charge on any atom is 0.303 e. The predicted molar refractivity (Wildman–Crippen MR) is 112 cm³/mol. The summed E-state index contributed by atoms with van der Waals surface area (Å²) in [4.78, 5) is 23.8. The van der Waals surface area contributed by atoms with Gasteiger partial charge < -0.3 is 9.84 Å². The first-order valence-corrected chi connectivity index (χ1v) is 11.4. The fourth-order valence-electron chi connectivity index (χ4n) is 6.87. The number of carbonyl (C=O) groups is 2. The molecule has 0 saturated heterocycles. The highest BCUT2D eigenvalue weighted by molar-refractivity contribution is 5.87. The SMILES string of the molecule is COc1ccc2c(c1)CC[C@H]1[C@@H]3[C@H](CCCCCC(=O)O)CC(=O)[C@@]3(C)CC[C@H]21. The minimum Gasteiger partial charge on any atom is -0.497 e. The van der Waals surface area contributed by atoms with Crippen LogP contribution < -0.4 is 4.74 Å². The largest absolute Gasteiger partial charge is 0.497 e. The number of ether oxygens (including phenoxy) is 1. The van der Waals surface area contributed by atoms with Crippen molar-refractivity contribution in [3.05, 3.63) is 29.3 Å². The molecule has 0 amide bonds. The van der Waals surface area contributed by atoms with Crippen LogP contribution >= 0.6 is 0 Å². The van der Waals surface area contributed by atoms with Crippen molar-refractivity contribution in [1.82, 2.24) is 0 Å². The van der Waals surface area contributed by atoms with Gasteiger partial charge in [0.2, 0.25) is 0 Å². The first kappa shape index (κ1) is 20.4. The van der Waals surface area contributed by atoms with Gasteiger partial charge in [0, 0.05) is 18.3 Å². The van der Waals surface area contributed by atoms with E-state index in [1.165, 1.54) is 17.5 Å². The topological polar surface area (TPSA) is 63.6 Å². The Balaban J connectivity index is 1.50. The van der Waals surface area contributed by atoms with Gasteiger partial charge in [0.15, 0.2) is 0 Å². The normalized spacial score (nSPS) is 33.0. The van der Waals surface area contributed by atoms with Crippen molar-refractivity contribution in [3.8, 4) is 5.75 Å². The molecule has 2 fully saturated rings. The zero-order valence-electron chi connectivity index (χ0n) is 17.8. The third kappa shape index (κ3) is 3.71. The molecule has 1 aromatic rings. The van der Waals surface area contributed by atoms with Gasteiger partial charge in [-0.1, -0.05) is 25.8 Å². The molecular formula is C25H34O4. The van der Waals surface area contributed by atoms with Crippen molar-refractivity contribution in [1.29, 1.82) is 0 Å². The van der Waals surface area contributed by atoms with Gasteiger partial charge in [0.1, 0.15) is 11.5 Å². The van der Waals surface area contributed by atoms with Gasteiger partial charge in [-0.25, -0.2) is 0 Å². The van der Waals surface area contributed by atoms with E-state index in [4.69, 9.17) is 9.84 Å². The summed E-state index contributed by atoms with van der Waals surface area (Å²) in [6, 6.07) is 6.57. The number of unbranched alkanes of at least 4 members (excludes halogenated alkanes) is 2. The minimum absolute atomic E-state index is 0.142. The van der Waals surface area contributed by atoms with Crippen LogP contribution in [0, 0.1) is 23.2 Å². The second-order valence-electron chi connectivity index (χ2n) is 9.74. The Bertz CT molecular complexity index is 785. The van der Waals surface area contributed by atoms with E-state index in [0.717, 1.165) is 57.1 Å². The van der Waals surface area contributed by atoms with Crippen molar-refractivity contribution >= 4 is 11.8 Å². The Morgan fingerprint density at radius 2 is 2.07 bits per heavy atom. The molecule has 158 valence electrons. The molecule has 0 radical (unpaired) electrons. The average molecular weight is 399 g/mol. The lowest BCUT2D eigenvalue weighted by Crippen LogP contribution is -2.44. The first-order chi connectivity index (χ1) is 13.9. The molecule has 3 aliphatic carbocycles. The van der Waals surface area contributed by atoms with E-state index in [9.17, 15) is 9.59 Å². The van der Waals surface area contributed by atoms with E-state index in [1.807, 2.05) is 0 Å². The maximum atomic E-state index is 13.0. The van der Waals surface area contributed by atoms with Crippen molar-refractivity contribution < 1.29 is 19.4 Å². The number of carboxylic acids is 1. The number of hydrogen-bond acceptors (Lipinski definition) is 3. The van der Waals surface area contributed by atoms with Crippen molar-refractivity contribution in [2.24, 2.45) is 23.2 Å². The van der Waals surface area contributed by atoms with Crippen LogP contribution in [-0.4, -0.2) is 24.0 Å². The Labute approximate surface area is 174 Å². The fraction of sp³-hybridized carbons (Fsp3) is 0.680. The van der Waals surface area contributed by atoms with E-state index >= 15 is 0 Å². The Morgan fingerprint density at radius 1 is 1.24 bits per heavy atom. The lowest BCUT2D eigenvalue weighted by atomic mass is 9.54. The highest BCUT2D eigenvalue weighted by atomic mass is 16.5. The molecule has 0 heterocycles. The molecule has 0 unspecified atom stereocenters. The summed E-state index contributed by atoms with van der Waals surface area (Å²) in [5.74, 6) is 2.86. The van der Waals surface area contributed by atoms with Crippen LogP contribution in [0.1, 0.15) is 81.8 Å². The van der Waals surface area contributed by atoms with Crippen LogP contribution in [0.5, 0.6) is 5.75 Å².